The molecule has 5 nitrogen and oxygen atoms in total. The summed E-state index contributed by atoms with van der Waals surface area (Å²) in [5.74, 6) is 4.98. The number of piperazine rings is 1. The zero-order valence-electron chi connectivity index (χ0n) is 15.5. The summed E-state index contributed by atoms with van der Waals surface area (Å²) in [6, 6.07) is 17.6. The molecule has 2 amide bonds. The fraction of sp³-hybridized carbons (Fsp3) is 0.217. The van der Waals surface area contributed by atoms with E-state index in [1.807, 2.05) is 60.7 Å². The highest BCUT2D eigenvalue weighted by Crippen LogP contribution is 2.15. The van der Waals surface area contributed by atoms with Crippen molar-refractivity contribution < 1.29 is 14.3 Å². The van der Waals surface area contributed by atoms with Gasteiger partial charge in [-0.3, -0.25) is 9.59 Å². The van der Waals surface area contributed by atoms with Gasteiger partial charge in [0, 0.05) is 6.54 Å². The molecule has 2 atom stereocenters. The van der Waals surface area contributed by atoms with Crippen LogP contribution in [-0.2, 0) is 27.5 Å². The number of hydrogen-bond acceptors (Lipinski definition) is 3. The van der Waals surface area contributed by atoms with Crippen molar-refractivity contribution in [2.45, 2.75) is 25.2 Å². The van der Waals surface area contributed by atoms with Gasteiger partial charge in [-0.2, -0.15) is 0 Å². The molecule has 2 unspecified atom stereocenters. The van der Waals surface area contributed by atoms with E-state index in [2.05, 4.69) is 23.7 Å². The summed E-state index contributed by atoms with van der Waals surface area (Å²) in [7, 11) is 0. The summed E-state index contributed by atoms with van der Waals surface area (Å²) in [5.41, 5.74) is 1.94. The molecule has 3 rings (SSSR count). The van der Waals surface area contributed by atoms with E-state index < -0.39 is 12.1 Å². The first-order valence-corrected chi connectivity index (χ1v) is 9.07. The van der Waals surface area contributed by atoms with Gasteiger partial charge in [-0.15, -0.1) is 0 Å². The zero-order valence-corrected chi connectivity index (χ0v) is 15.5. The Morgan fingerprint density at radius 3 is 2.32 bits per heavy atom. The quantitative estimate of drug-likeness (QED) is 0.790. The smallest absolute Gasteiger partial charge is 0.256 e. The van der Waals surface area contributed by atoms with E-state index in [1.165, 1.54) is 11.0 Å². The van der Waals surface area contributed by atoms with Gasteiger partial charge in [0.05, 0.1) is 13.2 Å². The van der Waals surface area contributed by atoms with Gasteiger partial charge >= 0.3 is 0 Å². The molecular weight excluding hydrogens is 352 g/mol. The number of carbonyl (C=O) groups excluding carboxylic acids is 2. The third kappa shape index (κ3) is 4.87. The molecule has 2 aromatic rings. The minimum Gasteiger partial charge on any atom is -0.374 e. The summed E-state index contributed by atoms with van der Waals surface area (Å²) < 4.78 is 5.68. The van der Waals surface area contributed by atoms with Crippen molar-refractivity contribution in [2.75, 3.05) is 6.61 Å². The average molecular weight is 374 g/mol. The molecule has 0 bridgehead atoms. The SMILES string of the molecule is C=CC#CC1C(=O)NC(COCc2ccccc2)C(=O)N1Cc1ccccc1. The van der Waals surface area contributed by atoms with E-state index in [-0.39, 0.29) is 18.4 Å². The van der Waals surface area contributed by atoms with Crippen molar-refractivity contribution in [2.24, 2.45) is 0 Å². The maximum absolute atomic E-state index is 13.0. The Morgan fingerprint density at radius 2 is 1.68 bits per heavy atom. The van der Waals surface area contributed by atoms with Crippen molar-refractivity contribution in [3.8, 4) is 11.8 Å². The molecule has 0 radical (unpaired) electrons. The van der Waals surface area contributed by atoms with Crippen LogP contribution in [-0.4, -0.2) is 35.4 Å². The van der Waals surface area contributed by atoms with Gasteiger partial charge < -0.3 is 15.0 Å². The van der Waals surface area contributed by atoms with Gasteiger partial charge in [0.15, 0.2) is 6.04 Å². The van der Waals surface area contributed by atoms with Crippen molar-refractivity contribution in [1.82, 2.24) is 10.2 Å². The molecule has 0 aliphatic carbocycles. The normalized spacial score (nSPS) is 18.8. The van der Waals surface area contributed by atoms with E-state index in [9.17, 15) is 9.59 Å². The Hall–Kier alpha value is -3.36. The monoisotopic (exact) mass is 374 g/mol. The van der Waals surface area contributed by atoms with Gasteiger partial charge in [0.1, 0.15) is 6.04 Å². The van der Waals surface area contributed by atoms with Crippen LogP contribution in [0.5, 0.6) is 0 Å². The first kappa shape index (κ1) is 19.4. The summed E-state index contributed by atoms with van der Waals surface area (Å²) in [6.45, 7) is 4.34. The number of nitrogens with zero attached hydrogens (tertiary/aromatic N) is 1. The number of ether oxygens (including phenoxy) is 1. The van der Waals surface area contributed by atoms with E-state index in [0.29, 0.717) is 13.2 Å². The second-order valence-corrected chi connectivity index (χ2v) is 6.41. The number of allylic oxidation sites excluding steroid dienone is 1. The Labute approximate surface area is 165 Å². The molecule has 1 heterocycles. The third-order valence-electron chi connectivity index (χ3n) is 4.37. The number of nitrogens with one attached hydrogen (secondary N) is 1. The average Bonchev–Trinajstić information content (AvgIpc) is 2.72. The van der Waals surface area contributed by atoms with Crippen LogP contribution >= 0.6 is 0 Å². The minimum atomic E-state index is -0.851. The number of rotatable bonds is 6. The lowest BCUT2D eigenvalue weighted by molar-refractivity contribution is -0.149. The molecule has 1 saturated heterocycles. The van der Waals surface area contributed by atoms with E-state index in [1.54, 1.807) is 0 Å². The lowest BCUT2D eigenvalue weighted by Gasteiger charge is -2.36. The fourth-order valence-corrected chi connectivity index (χ4v) is 2.99. The van der Waals surface area contributed by atoms with Crippen LogP contribution < -0.4 is 5.32 Å². The standard InChI is InChI=1S/C23H22N2O3/c1-2-3-14-21-22(26)24-20(17-28-16-19-12-8-5-9-13-19)23(27)25(21)15-18-10-6-4-7-11-18/h2,4-13,20-21H,1,15-17H2,(H,24,26). The first-order valence-electron chi connectivity index (χ1n) is 9.07. The van der Waals surface area contributed by atoms with Crippen LogP contribution in [0.15, 0.2) is 73.3 Å². The van der Waals surface area contributed by atoms with Crippen molar-refractivity contribution in [1.29, 1.82) is 0 Å². The van der Waals surface area contributed by atoms with Gasteiger partial charge in [-0.1, -0.05) is 79.1 Å². The molecule has 142 valence electrons. The molecule has 2 aromatic carbocycles. The summed E-state index contributed by atoms with van der Waals surface area (Å²) >= 11 is 0. The van der Waals surface area contributed by atoms with Crippen molar-refractivity contribution >= 4 is 11.8 Å². The fourth-order valence-electron chi connectivity index (χ4n) is 2.99. The van der Waals surface area contributed by atoms with Crippen LogP contribution in [0.4, 0.5) is 0 Å². The Balaban J connectivity index is 1.72. The number of amides is 2. The molecule has 0 spiro atoms. The molecule has 1 aliphatic rings. The lowest BCUT2D eigenvalue weighted by atomic mass is 10.1. The van der Waals surface area contributed by atoms with Gasteiger partial charge in [-0.25, -0.2) is 0 Å². The van der Waals surface area contributed by atoms with Crippen LogP contribution in [0.1, 0.15) is 11.1 Å². The molecular formula is C23H22N2O3. The number of hydrogen-bond donors (Lipinski definition) is 1. The third-order valence-corrected chi connectivity index (χ3v) is 4.37. The Morgan fingerprint density at radius 1 is 1.04 bits per heavy atom. The predicted octanol–water partition coefficient (Wildman–Crippen LogP) is 2.29. The second-order valence-electron chi connectivity index (χ2n) is 6.41. The minimum absolute atomic E-state index is 0.104. The highest BCUT2D eigenvalue weighted by Gasteiger charge is 2.39. The van der Waals surface area contributed by atoms with Crippen LogP contribution in [0.25, 0.3) is 0 Å². The molecule has 1 N–H and O–H groups in total. The zero-order chi connectivity index (χ0) is 19.8. The highest BCUT2D eigenvalue weighted by molar-refractivity contribution is 5.98. The van der Waals surface area contributed by atoms with Crippen molar-refractivity contribution in [3.05, 3.63) is 84.4 Å². The maximum atomic E-state index is 13.0. The van der Waals surface area contributed by atoms with Gasteiger partial charge in [-0.05, 0) is 17.2 Å². The Kier molecular flexibility index (Phi) is 6.61. The maximum Gasteiger partial charge on any atom is 0.256 e. The lowest BCUT2D eigenvalue weighted by Crippen LogP contribution is -2.63. The highest BCUT2D eigenvalue weighted by atomic mass is 16.5. The first-order chi connectivity index (χ1) is 13.7. The van der Waals surface area contributed by atoms with Gasteiger partial charge in [0.2, 0.25) is 5.91 Å². The van der Waals surface area contributed by atoms with Crippen LogP contribution in [0, 0.1) is 11.8 Å². The van der Waals surface area contributed by atoms with Crippen LogP contribution in [0.2, 0.25) is 0 Å². The molecule has 0 saturated carbocycles. The van der Waals surface area contributed by atoms with Crippen molar-refractivity contribution in [3.63, 3.8) is 0 Å². The molecule has 1 aliphatic heterocycles. The number of benzene rings is 2. The number of carbonyl (C=O) groups is 2. The molecule has 5 heteroatoms. The summed E-state index contributed by atoms with van der Waals surface area (Å²) in [4.78, 5) is 27.1. The molecule has 28 heavy (non-hydrogen) atoms. The molecule has 1 fully saturated rings. The van der Waals surface area contributed by atoms with E-state index in [0.717, 1.165) is 11.1 Å². The van der Waals surface area contributed by atoms with E-state index >= 15 is 0 Å². The predicted molar refractivity (Wildman–Crippen MR) is 107 cm³/mol. The van der Waals surface area contributed by atoms with E-state index in [4.69, 9.17) is 4.74 Å². The topological polar surface area (TPSA) is 58.6 Å². The summed E-state index contributed by atoms with van der Waals surface area (Å²) in [6.07, 6.45) is 1.41. The second kappa shape index (κ2) is 9.54. The summed E-state index contributed by atoms with van der Waals surface area (Å²) in [5, 5.41) is 2.74. The van der Waals surface area contributed by atoms with Crippen LogP contribution in [0.3, 0.4) is 0 Å². The molecule has 0 aromatic heterocycles. The Bertz CT molecular complexity index is 884. The van der Waals surface area contributed by atoms with Gasteiger partial charge in [0.25, 0.3) is 5.91 Å². The largest absolute Gasteiger partial charge is 0.374 e.